The molecule has 4 aliphatic rings. The van der Waals surface area contributed by atoms with Crippen molar-refractivity contribution in [3.05, 3.63) is 11.1 Å². The van der Waals surface area contributed by atoms with Crippen molar-refractivity contribution in [2.24, 2.45) is 46.3 Å². The maximum absolute atomic E-state index is 11.5. The molecule has 0 aromatic heterocycles. The summed E-state index contributed by atoms with van der Waals surface area (Å²) < 4.78 is 5.65. The van der Waals surface area contributed by atoms with Crippen molar-refractivity contribution in [1.82, 2.24) is 0 Å². The van der Waals surface area contributed by atoms with Gasteiger partial charge < -0.3 is 4.74 Å². The van der Waals surface area contributed by atoms with E-state index < -0.39 is 0 Å². The van der Waals surface area contributed by atoms with Crippen LogP contribution in [0.15, 0.2) is 11.1 Å². The number of ether oxygens (including phenoxy) is 1. The van der Waals surface area contributed by atoms with Gasteiger partial charge in [-0.3, -0.25) is 4.79 Å². The quantitative estimate of drug-likeness (QED) is 0.305. The third kappa shape index (κ3) is 4.22. The molecule has 0 amide bonds. The van der Waals surface area contributed by atoms with Crippen molar-refractivity contribution in [3.8, 4) is 0 Å². The molecule has 0 aliphatic heterocycles. The lowest BCUT2D eigenvalue weighted by Crippen LogP contribution is -2.48. The lowest BCUT2D eigenvalue weighted by molar-refractivity contribution is -0.152. The molecule has 0 heterocycles. The minimum Gasteiger partial charge on any atom is -0.463 e. The number of rotatable bonds is 6. The van der Waals surface area contributed by atoms with Crippen LogP contribution in [0.25, 0.3) is 0 Å². The van der Waals surface area contributed by atoms with Crippen molar-refractivity contribution in [2.45, 2.75) is 125 Å². The Hall–Kier alpha value is -0.790. The normalized spacial score (nSPS) is 41.0. The number of hydrogen-bond donors (Lipinski definition) is 0. The van der Waals surface area contributed by atoms with Crippen LogP contribution < -0.4 is 0 Å². The Bertz CT molecular complexity index is 735. The highest BCUT2D eigenvalue weighted by molar-refractivity contribution is 5.66. The fraction of sp³-hybridized carbons (Fsp3) is 0.900. The third-order valence-corrected chi connectivity index (χ3v) is 11.3. The summed E-state index contributed by atoms with van der Waals surface area (Å²) in [5.74, 6) is 4.81. The Labute approximate surface area is 198 Å². The van der Waals surface area contributed by atoms with E-state index in [1.807, 2.05) is 11.1 Å². The zero-order chi connectivity index (χ0) is 23.3. The van der Waals surface area contributed by atoms with E-state index in [0.717, 1.165) is 48.3 Å². The molecule has 0 spiro atoms. The fourth-order valence-electron chi connectivity index (χ4n) is 8.80. The van der Waals surface area contributed by atoms with Gasteiger partial charge in [0.2, 0.25) is 0 Å². The number of hydrogen-bond acceptors (Lipinski definition) is 2. The topological polar surface area (TPSA) is 26.3 Å². The molecular formula is C30H50O2. The summed E-state index contributed by atoms with van der Waals surface area (Å²) in [5.41, 5.74) is 4.69. The van der Waals surface area contributed by atoms with Crippen LogP contribution in [0.5, 0.6) is 0 Å². The van der Waals surface area contributed by atoms with E-state index in [4.69, 9.17) is 4.74 Å². The van der Waals surface area contributed by atoms with Crippen LogP contribution in [0.4, 0.5) is 0 Å². The predicted molar refractivity (Wildman–Crippen MR) is 133 cm³/mol. The van der Waals surface area contributed by atoms with E-state index in [0.29, 0.717) is 10.8 Å². The Morgan fingerprint density at radius 2 is 1.75 bits per heavy atom. The average molecular weight is 443 g/mol. The van der Waals surface area contributed by atoms with Crippen LogP contribution in [0.1, 0.15) is 119 Å². The van der Waals surface area contributed by atoms with Gasteiger partial charge in [0, 0.05) is 6.92 Å². The van der Waals surface area contributed by atoms with Gasteiger partial charge in [-0.2, -0.15) is 0 Å². The van der Waals surface area contributed by atoms with Gasteiger partial charge in [-0.1, -0.05) is 65.5 Å². The lowest BCUT2D eigenvalue weighted by Gasteiger charge is -2.57. The smallest absolute Gasteiger partial charge is 0.302 e. The van der Waals surface area contributed by atoms with Crippen molar-refractivity contribution in [1.29, 1.82) is 0 Å². The second-order valence-corrected chi connectivity index (χ2v) is 13.2. The first-order chi connectivity index (χ1) is 15.1. The number of carbonyl (C=O) groups excluding carboxylic acids is 1. The van der Waals surface area contributed by atoms with Crippen LogP contribution in [0.3, 0.4) is 0 Å². The number of carbonyl (C=O) groups is 1. The molecule has 0 N–H and O–H groups in total. The molecule has 4 aliphatic carbocycles. The zero-order valence-electron chi connectivity index (χ0n) is 22.1. The highest BCUT2D eigenvalue weighted by Crippen LogP contribution is 2.66. The van der Waals surface area contributed by atoms with E-state index in [2.05, 4.69) is 41.5 Å². The Kier molecular flexibility index (Phi) is 6.92. The summed E-state index contributed by atoms with van der Waals surface area (Å²) in [5, 5.41) is 0. The summed E-state index contributed by atoms with van der Waals surface area (Å²) in [6.07, 6.45) is 14.6. The molecule has 0 aromatic rings. The first kappa shape index (κ1) is 24.3. The zero-order valence-corrected chi connectivity index (χ0v) is 22.1. The van der Waals surface area contributed by atoms with Crippen LogP contribution in [0, 0.1) is 46.3 Å². The van der Waals surface area contributed by atoms with Gasteiger partial charge in [-0.25, -0.2) is 0 Å². The predicted octanol–water partition coefficient (Wildman–Crippen LogP) is 8.35. The number of fused-ring (bicyclic) bond motifs is 4. The van der Waals surface area contributed by atoms with E-state index in [9.17, 15) is 4.79 Å². The third-order valence-electron chi connectivity index (χ3n) is 11.3. The minimum atomic E-state index is -0.0976. The monoisotopic (exact) mass is 442 g/mol. The second-order valence-electron chi connectivity index (χ2n) is 13.2. The Morgan fingerprint density at radius 1 is 1.00 bits per heavy atom. The van der Waals surface area contributed by atoms with Crippen molar-refractivity contribution in [2.75, 3.05) is 0 Å². The standard InChI is InChI=1S/C30H50O2/c1-19(2)20(3)8-9-21(4)26-12-13-27-25-11-10-23-18-24(32-22(5)31)14-16-29(23,6)28(25)15-17-30(26,27)7/h19-21,23-24,26,28H,8-18H2,1-7H3/t20-,21+,23-,24+,26-,28+,29-,30+/m0/s1. The van der Waals surface area contributed by atoms with Gasteiger partial charge in [-0.15, -0.1) is 0 Å². The van der Waals surface area contributed by atoms with E-state index in [1.165, 1.54) is 57.8 Å². The molecule has 8 atom stereocenters. The fourth-order valence-corrected chi connectivity index (χ4v) is 8.80. The van der Waals surface area contributed by atoms with Crippen molar-refractivity contribution < 1.29 is 9.53 Å². The molecule has 32 heavy (non-hydrogen) atoms. The summed E-state index contributed by atoms with van der Waals surface area (Å²) in [6.45, 7) is 16.6. The molecule has 0 saturated heterocycles. The first-order valence-electron chi connectivity index (χ1n) is 14.0. The van der Waals surface area contributed by atoms with Crippen LogP contribution >= 0.6 is 0 Å². The van der Waals surface area contributed by atoms with Gasteiger partial charge in [-0.05, 0) is 104 Å². The Morgan fingerprint density at radius 3 is 2.44 bits per heavy atom. The highest BCUT2D eigenvalue weighted by atomic mass is 16.5. The molecule has 4 rings (SSSR count). The van der Waals surface area contributed by atoms with Gasteiger partial charge in [0.25, 0.3) is 0 Å². The first-order valence-corrected chi connectivity index (χ1v) is 14.0. The van der Waals surface area contributed by atoms with Crippen molar-refractivity contribution >= 4 is 5.97 Å². The van der Waals surface area contributed by atoms with E-state index in [-0.39, 0.29) is 12.1 Å². The molecular weight excluding hydrogens is 392 g/mol. The molecule has 0 radical (unpaired) electrons. The molecule has 2 heteroatoms. The minimum absolute atomic E-state index is 0.0976. The summed E-state index contributed by atoms with van der Waals surface area (Å²) in [7, 11) is 0. The molecule has 3 fully saturated rings. The van der Waals surface area contributed by atoms with E-state index >= 15 is 0 Å². The van der Waals surface area contributed by atoms with Crippen molar-refractivity contribution in [3.63, 3.8) is 0 Å². The van der Waals surface area contributed by atoms with Crippen LogP contribution in [-0.2, 0) is 9.53 Å². The average Bonchev–Trinajstić information content (AvgIpc) is 3.08. The van der Waals surface area contributed by atoms with E-state index in [1.54, 1.807) is 6.92 Å². The number of allylic oxidation sites excluding steroid dienone is 2. The van der Waals surface area contributed by atoms with Gasteiger partial charge in [0.1, 0.15) is 6.10 Å². The van der Waals surface area contributed by atoms with Gasteiger partial charge in [0.05, 0.1) is 0 Å². The lowest BCUT2D eigenvalue weighted by atomic mass is 9.48. The summed E-state index contributed by atoms with van der Waals surface area (Å²) >= 11 is 0. The van der Waals surface area contributed by atoms with Gasteiger partial charge in [0.15, 0.2) is 0 Å². The summed E-state index contributed by atoms with van der Waals surface area (Å²) in [4.78, 5) is 11.5. The maximum Gasteiger partial charge on any atom is 0.302 e. The summed E-state index contributed by atoms with van der Waals surface area (Å²) in [6, 6.07) is 0. The largest absolute Gasteiger partial charge is 0.463 e. The molecule has 182 valence electrons. The second kappa shape index (κ2) is 9.10. The molecule has 2 nitrogen and oxygen atoms in total. The van der Waals surface area contributed by atoms with Gasteiger partial charge >= 0.3 is 5.97 Å². The Balaban J connectivity index is 1.50. The maximum atomic E-state index is 11.5. The highest BCUT2D eigenvalue weighted by Gasteiger charge is 2.55. The molecule has 0 unspecified atom stereocenters. The number of esters is 1. The molecule has 0 bridgehead atoms. The van der Waals surface area contributed by atoms with Crippen LogP contribution in [-0.4, -0.2) is 12.1 Å². The SMILES string of the molecule is CC(=O)O[C@@H]1CC[C@@]2(C)[C@@H](CCC3=C4CC[C@@H]([C@H](C)CC[C@H](C)C(C)C)[C@@]4(C)CC[C@H]32)C1. The van der Waals surface area contributed by atoms with Crippen LogP contribution in [0.2, 0.25) is 0 Å². The molecule has 0 aromatic carbocycles. The molecule has 3 saturated carbocycles.